The maximum atomic E-state index is 12.6. The van der Waals surface area contributed by atoms with Crippen molar-refractivity contribution in [1.29, 1.82) is 0 Å². The molecule has 0 atom stereocenters. The first-order chi connectivity index (χ1) is 10.8. The van der Waals surface area contributed by atoms with E-state index in [1.54, 1.807) is 11.7 Å². The van der Waals surface area contributed by atoms with Crippen molar-refractivity contribution in [3.63, 3.8) is 0 Å². The van der Waals surface area contributed by atoms with Gasteiger partial charge in [0, 0.05) is 11.4 Å². The molecule has 0 saturated heterocycles. The molecule has 0 aliphatic carbocycles. The molecule has 4 aromatic rings. The summed E-state index contributed by atoms with van der Waals surface area (Å²) in [5.41, 5.74) is 1.36. The fraction of sp³-hybridized carbons (Fsp3) is 0.133. The summed E-state index contributed by atoms with van der Waals surface area (Å²) >= 11 is 1.47. The van der Waals surface area contributed by atoms with Gasteiger partial charge >= 0.3 is 5.69 Å². The van der Waals surface area contributed by atoms with Gasteiger partial charge < -0.3 is 4.74 Å². The third-order valence-corrected chi connectivity index (χ3v) is 4.40. The molecule has 0 fully saturated rings. The van der Waals surface area contributed by atoms with E-state index in [4.69, 9.17) is 4.74 Å². The maximum Gasteiger partial charge on any atom is 0.352 e. The Morgan fingerprint density at radius 2 is 2.14 bits per heavy atom. The lowest BCUT2D eigenvalue weighted by Gasteiger charge is -2.09. The van der Waals surface area contributed by atoms with Crippen LogP contribution in [-0.4, -0.2) is 26.3 Å². The molecular formula is C15H11N4O2S. The molecule has 0 saturated carbocycles. The summed E-state index contributed by atoms with van der Waals surface area (Å²) in [5, 5.41) is 6.67. The lowest BCUT2D eigenvalue weighted by Crippen LogP contribution is -2.27. The number of ether oxygens (including phenoxy) is 1. The number of hydrogen-bond acceptors (Lipinski definition) is 5. The Hall–Kier alpha value is -2.67. The van der Waals surface area contributed by atoms with Crippen LogP contribution < -0.4 is 10.4 Å². The molecule has 0 unspecified atom stereocenters. The highest BCUT2D eigenvalue weighted by Crippen LogP contribution is 2.22. The van der Waals surface area contributed by atoms with Crippen LogP contribution in [0.25, 0.3) is 15.9 Å². The van der Waals surface area contributed by atoms with Crippen LogP contribution in [-0.2, 0) is 6.54 Å². The standard InChI is InChI=1S/C15H11N4O2S/c1-21-11-4-2-10(3-5-11)8-18-14-12(6-7-22-14)13-16-9-17-19(13)15(18)20/h2-5,7,9H,8H2,1H3. The quantitative estimate of drug-likeness (QED) is 0.580. The smallest absolute Gasteiger partial charge is 0.352 e. The number of benzene rings is 1. The van der Waals surface area contributed by atoms with E-state index in [0.717, 1.165) is 21.5 Å². The molecule has 0 spiro atoms. The highest BCUT2D eigenvalue weighted by molar-refractivity contribution is 7.16. The summed E-state index contributed by atoms with van der Waals surface area (Å²) in [5.74, 6) is 0.789. The van der Waals surface area contributed by atoms with Crippen LogP contribution >= 0.6 is 11.3 Å². The van der Waals surface area contributed by atoms with Gasteiger partial charge in [0.15, 0.2) is 5.65 Å². The molecule has 4 rings (SSSR count). The average molecular weight is 311 g/mol. The van der Waals surface area contributed by atoms with Crippen LogP contribution in [0.5, 0.6) is 5.75 Å². The minimum Gasteiger partial charge on any atom is -0.497 e. The molecule has 22 heavy (non-hydrogen) atoms. The number of fused-ring (bicyclic) bond motifs is 3. The molecule has 1 radical (unpaired) electrons. The lowest BCUT2D eigenvalue weighted by molar-refractivity contribution is 0.414. The van der Waals surface area contributed by atoms with E-state index in [9.17, 15) is 4.79 Å². The maximum absolute atomic E-state index is 12.6. The van der Waals surface area contributed by atoms with Crippen molar-refractivity contribution in [3.8, 4) is 5.75 Å². The molecule has 6 nitrogen and oxygen atoms in total. The van der Waals surface area contributed by atoms with Gasteiger partial charge in [0.25, 0.3) is 0 Å². The van der Waals surface area contributed by atoms with Crippen LogP contribution in [0, 0.1) is 6.07 Å². The molecule has 3 aromatic heterocycles. The molecule has 109 valence electrons. The molecule has 0 N–H and O–H groups in total. The van der Waals surface area contributed by atoms with Gasteiger partial charge in [-0.2, -0.15) is 9.61 Å². The van der Waals surface area contributed by atoms with Crippen molar-refractivity contribution in [3.05, 3.63) is 58.1 Å². The Morgan fingerprint density at radius 3 is 2.91 bits per heavy atom. The van der Waals surface area contributed by atoms with Crippen molar-refractivity contribution in [1.82, 2.24) is 19.2 Å². The van der Waals surface area contributed by atoms with Crippen LogP contribution in [0.1, 0.15) is 5.56 Å². The van der Waals surface area contributed by atoms with E-state index < -0.39 is 0 Å². The van der Waals surface area contributed by atoms with Gasteiger partial charge in [-0.05, 0) is 17.7 Å². The highest BCUT2D eigenvalue weighted by Gasteiger charge is 2.13. The number of thiophene rings is 1. The zero-order chi connectivity index (χ0) is 15.1. The second kappa shape index (κ2) is 4.96. The largest absolute Gasteiger partial charge is 0.497 e. The predicted molar refractivity (Wildman–Crippen MR) is 83.6 cm³/mol. The SMILES string of the molecule is COc1ccc(Cn2c(=O)n3ncnc3c3[c]csc32)cc1. The molecule has 0 amide bonds. The molecule has 0 bridgehead atoms. The number of aromatic nitrogens is 4. The second-order valence-electron chi connectivity index (χ2n) is 4.77. The van der Waals surface area contributed by atoms with Crippen molar-refractivity contribution < 1.29 is 4.74 Å². The average Bonchev–Trinajstić information content (AvgIpc) is 3.20. The minimum atomic E-state index is -0.202. The van der Waals surface area contributed by atoms with Gasteiger partial charge in [0.1, 0.15) is 16.9 Å². The summed E-state index contributed by atoms with van der Waals surface area (Å²) in [6.45, 7) is 0.462. The first-order valence-electron chi connectivity index (χ1n) is 6.62. The van der Waals surface area contributed by atoms with E-state index in [0.29, 0.717) is 12.2 Å². The van der Waals surface area contributed by atoms with Crippen molar-refractivity contribution in [2.45, 2.75) is 6.54 Å². The van der Waals surface area contributed by atoms with Gasteiger partial charge in [0.05, 0.1) is 19.0 Å². The monoisotopic (exact) mass is 311 g/mol. The third-order valence-electron chi connectivity index (χ3n) is 3.52. The van der Waals surface area contributed by atoms with Gasteiger partial charge in [0.2, 0.25) is 0 Å². The van der Waals surface area contributed by atoms with Crippen LogP contribution in [0.15, 0.2) is 40.8 Å². The fourth-order valence-corrected chi connectivity index (χ4v) is 3.26. The summed E-state index contributed by atoms with van der Waals surface area (Å²) in [7, 11) is 1.63. The zero-order valence-corrected chi connectivity index (χ0v) is 12.5. The van der Waals surface area contributed by atoms with Crippen molar-refractivity contribution in [2.24, 2.45) is 0 Å². The summed E-state index contributed by atoms with van der Waals surface area (Å²) in [4.78, 5) is 17.6. The normalized spacial score (nSPS) is 11.3. The molecular weight excluding hydrogens is 300 g/mol. The molecule has 0 aliphatic heterocycles. The number of hydrogen-bond donors (Lipinski definition) is 0. The first kappa shape index (κ1) is 13.0. The number of rotatable bonds is 3. The first-order valence-corrected chi connectivity index (χ1v) is 7.50. The molecule has 1 aromatic carbocycles. The van der Waals surface area contributed by atoms with E-state index in [1.807, 2.05) is 29.6 Å². The molecule has 3 heterocycles. The Labute approximate surface area is 129 Å². The highest BCUT2D eigenvalue weighted by atomic mass is 32.1. The van der Waals surface area contributed by atoms with Crippen molar-refractivity contribution >= 4 is 27.2 Å². The van der Waals surface area contributed by atoms with E-state index in [1.165, 1.54) is 22.2 Å². The summed E-state index contributed by atoms with van der Waals surface area (Å²) < 4.78 is 8.16. The number of methoxy groups -OCH3 is 1. The molecule has 7 heteroatoms. The van der Waals surface area contributed by atoms with Crippen molar-refractivity contribution in [2.75, 3.05) is 7.11 Å². The Balaban J connectivity index is 1.90. The van der Waals surface area contributed by atoms with Crippen LogP contribution in [0.2, 0.25) is 0 Å². The van der Waals surface area contributed by atoms with E-state index in [2.05, 4.69) is 16.1 Å². The van der Waals surface area contributed by atoms with Gasteiger partial charge in [-0.25, -0.2) is 9.78 Å². The predicted octanol–water partition coefficient (Wildman–Crippen LogP) is 1.96. The topological polar surface area (TPSA) is 61.4 Å². The third kappa shape index (κ3) is 1.90. The summed E-state index contributed by atoms with van der Waals surface area (Å²) in [6, 6.07) is 10.8. The Kier molecular flexibility index (Phi) is 2.93. The second-order valence-corrected chi connectivity index (χ2v) is 5.63. The van der Waals surface area contributed by atoms with E-state index >= 15 is 0 Å². The van der Waals surface area contributed by atoms with Crippen LogP contribution in [0.4, 0.5) is 0 Å². The Morgan fingerprint density at radius 1 is 1.32 bits per heavy atom. The van der Waals surface area contributed by atoms with E-state index in [-0.39, 0.29) is 5.69 Å². The fourth-order valence-electron chi connectivity index (χ4n) is 2.43. The van der Waals surface area contributed by atoms with Crippen LogP contribution in [0.3, 0.4) is 0 Å². The molecule has 0 aliphatic rings. The van der Waals surface area contributed by atoms with Gasteiger partial charge in [-0.15, -0.1) is 11.3 Å². The number of nitrogens with zero attached hydrogens (tertiary/aromatic N) is 4. The zero-order valence-electron chi connectivity index (χ0n) is 11.7. The minimum absolute atomic E-state index is 0.202. The van der Waals surface area contributed by atoms with Gasteiger partial charge in [-0.1, -0.05) is 12.1 Å². The lowest BCUT2D eigenvalue weighted by atomic mass is 10.2. The Bertz CT molecular complexity index is 1010. The summed E-state index contributed by atoms with van der Waals surface area (Å²) in [6.07, 6.45) is 1.39. The van der Waals surface area contributed by atoms with Gasteiger partial charge in [-0.3, -0.25) is 4.57 Å².